The molecule has 1 saturated heterocycles. The van der Waals surface area contributed by atoms with E-state index < -0.39 is 51.2 Å². The fraction of sp³-hybridized carbons (Fsp3) is 1.00. The van der Waals surface area contributed by atoms with Crippen molar-refractivity contribution in [1.82, 2.24) is 4.65 Å². The lowest BCUT2D eigenvalue weighted by Crippen LogP contribution is -2.70. The third kappa shape index (κ3) is 8.17. The van der Waals surface area contributed by atoms with E-state index in [1.54, 1.807) is 0 Å². The molecule has 144 valence electrons. The van der Waals surface area contributed by atoms with Crippen LogP contribution in [0.1, 0.15) is 0 Å². The van der Waals surface area contributed by atoms with Crippen molar-refractivity contribution in [1.29, 1.82) is 0 Å². The van der Waals surface area contributed by atoms with Crippen LogP contribution in [-0.4, -0.2) is 51.2 Å². The Balaban J connectivity index is 3.24. The molecule has 1 aliphatic heterocycles. The topological polar surface area (TPSA) is 58.2 Å². The summed E-state index contributed by atoms with van der Waals surface area (Å²) in [6.45, 7) is 25.5. The second-order valence-corrected chi connectivity index (χ2v) is 31.6. The van der Waals surface area contributed by atoms with Crippen LogP contribution in [0.25, 0.3) is 0 Å². The minimum Gasteiger partial charge on any atom is -0.425 e. The van der Waals surface area contributed by atoms with Crippen LogP contribution in [0.5, 0.6) is 0 Å². The van der Waals surface area contributed by atoms with Crippen LogP contribution >= 0.6 is 0 Å². The second-order valence-electron chi connectivity index (χ2n) is 9.26. The molecule has 1 rings (SSSR count). The lowest BCUT2D eigenvalue weighted by molar-refractivity contribution is 0.276. The van der Waals surface area contributed by atoms with E-state index in [1.807, 2.05) is 0 Å². The summed E-state index contributed by atoms with van der Waals surface area (Å²) in [5.41, 5.74) is 0. The molecule has 24 heavy (non-hydrogen) atoms. The molecule has 0 unspecified atom stereocenters. The Morgan fingerprint density at radius 3 is 0.833 bits per heavy atom. The van der Waals surface area contributed by atoms with Gasteiger partial charge in [-0.15, -0.1) is 0 Å². The molecule has 1 aliphatic rings. The second kappa shape index (κ2) is 6.90. The van der Waals surface area contributed by atoms with Gasteiger partial charge in [0.1, 0.15) is 0 Å². The van der Waals surface area contributed by atoms with E-state index in [0.717, 1.165) is 0 Å². The minimum atomic E-state index is -2.35. The summed E-state index contributed by atoms with van der Waals surface area (Å²) >= 11 is 0. The zero-order valence-electron chi connectivity index (χ0n) is 17.5. The molecule has 6 nitrogen and oxygen atoms in total. The molecule has 0 aliphatic carbocycles. The lowest BCUT2D eigenvalue weighted by Gasteiger charge is -2.46. The smallest absolute Gasteiger partial charge is 0.314 e. The van der Waals surface area contributed by atoms with Crippen molar-refractivity contribution in [2.75, 3.05) is 0 Å². The maximum atomic E-state index is 6.55. The van der Waals surface area contributed by atoms with Crippen LogP contribution in [0, 0.1) is 0 Å². The van der Waals surface area contributed by atoms with Crippen molar-refractivity contribution in [2.24, 2.45) is 0 Å². The third-order valence-electron chi connectivity index (χ3n) is 3.08. The van der Waals surface area contributed by atoms with Gasteiger partial charge in [0, 0.05) is 0 Å². The summed E-state index contributed by atoms with van der Waals surface area (Å²) in [6, 6.07) is 0. The summed E-state index contributed by atoms with van der Waals surface area (Å²) < 4.78 is 36.3. The van der Waals surface area contributed by atoms with Crippen molar-refractivity contribution in [2.45, 2.75) is 78.6 Å². The highest BCUT2D eigenvalue weighted by Gasteiger charge is 2.50. The Morgan fingerprint density at radius 2 is 0.583 bits per heavy atom. The zero-order valence-corrected chi connectivity index (χ0v) is 23.5. The Labute approximate surface area is 155 Å². The van der Waals surface area contributed by atoms with Gasteiger partial charge in [-0.2, -0.15) is 0 Å². The molecule has 0 aromatic rings. The van der Waals surface area contributed by atoms with Crippen molar-refractivity contribution < 1.29 is 20.6 Å². The molecule has 0 amide bonds. The maximum Gasteiger partial charge on any atom is 0.314 e. The molecular weight excluding hydrogens is 407 g/mol. The Morgan fingerprint density at radius 1 is 0.375 bits per heavy atom. The quantitative estimate of drug-likeness (QED) is 0.573. The molecule has 1 heterocycles. The molecule has 0 spiro atoms. The average Bonchev–Trinajstić information content (AvgIpc) is 1.98. The van der Waals surface area contributed by atoms with Crippen LogP contribution in [0.3, 0.4) is 0 Å². The molecule has 0 bridgehead atoms. The predicted molar refractivity (Wildman–Crippen MR) is 113 cm³/mol. The fourth-order valence-corrected chi connectivity index (χ4v) is 37.2. The minimum absolute atomic E-state index is 2.09. The van der Waals surface area contributed by atoms with Gasteiger partial charge in [-0.3, -0.25) is 0 Å². The summed E-state index contributed by atoms with van der Waals surface area (Å²) in [5.74, 6) is 0. The van der Waals surface area contributed by atoms with Gasteiger partial charge in [-0.1, -0.05) is 0 Å². The van der Waals surface area contributed by atoms with Gasteiger partial charge in [0.25, 0.3) is 0 Å². The summed E-state index contributed by atoms with van der Waals surface area (Å²) in [6.07, 6.45) is 0. The molecule has 0 aromatic heterocycles. The third-order valence-corrected chi connectivity index (χ3v) is 27.7. The van der Waals surface area contributed by atoms with E-state index in [4.69, 9.17) is 20.6 Å². The number of rotatable bonds is 0. The Bertz CT molecular complexity index is 336. The van der Waals surface area contributed by atoms with Crippen LogP contribution < -0.4 is 4.65 Å². The monoisotopic (exact) mass is 443 g/mol. The van der Waals surface area contributed by atoms with E-state index >= 15 is 0 Å². The van der Waals surface area contributed by atoms with Gasteiger partial charge < -0.3 is 25.2 Å². The molecule has 0 saturated carbocycles. The molecule has 0 atom stereocenters. The highest BCUT2D eigenvalue weighted by molar-refractivity contribution is 6.95. The first kappa shape index (κ1) is 23.1. The maximum absolute atomic E-state index is 6.55. The van der Waals surface area contributed by atoms with E-state index in [1.165, 1.54) is 0 Å². The molecular formula is C12H37NO5Si6. The molecule has 0 aromatic carbocycles. The van der Waals surface area contributed by atoms with E-state index in [9.17, 15) is 0 Å². The first-order valence-corrected chi connectivity index (χ1v) is 25.6. The van der Waals surface area contributed by atoms with Crippen LogP contribution in [0.15, 0.2) is 0 Å². The van der Waals surface area contributed by atoms with Gasteiger partial charge in [-0.25, -0.2) is 0 Å². The van der Waals surface area contributed by atoms with E-state index in [2.05, 4.69) is 83.2 Å². The molecule has 12 heteroatoms. The number of hydrogen-bond acceptors (Lipinski definition) is 6. The van der Waals surface area contributed by atoms with Gasteiger partial charge in [-0.05, 0) is 78.6 Å². The molecule has 0 radical (unpaired) electrons. The molecule has 1 fully saturated rings. The summed E-state index contributed by atoms with van der Waals surface area (Å²) in [7, 11) is -13.6. The van der Waals surface area contributed by atoms with Crippen LogP contribution in [-0.2, 0) is 20.6 Å². The fourth-order valence-electron chi connectivity index (χ4n) is 3.86. The van der Waals surface area contributed by atoms with Crippen LogP contribution in [0.4, 0.5) is 0 Å². The SMILES string of the molecule is C[Si]1(C)N[Si](C)(C)O[Si](C)(C)O[Si](C)(C)O[Si](C)(C)O[Si](C)(C)O1. The number of nitrogens with one attached hydrogen (secondary N) is 1. The van der Waals surface area contributed by atoms with Gasteiger partial charge in [0.05, 0.1) is 0 Å². The van der Waals surface area contributed by atoms with Crippen molar-refractivity contribution in [3.8, 4) is 0 Å². The standard InChI is InChI=1S/C12H37NO5Si6/c1-19(2)13-20(3,4)15-22(7,8)17-24(11,12)18-23(9,10)16-21(5,6)14-19/h13H,1-12H3. The zero-order chi connectivity index (χ0) is 19.2. The highest BCUT2D eigenvalue weighted by atomic mass is 28.5. The summed E-state index contributed by atoms with van der Waals surface area (Å²) in [5, 5.41) is 0. The summed E-state index contributed by atoms with van der Waals surface area (Å²) in [4.78, 5) is 0. The Hall–Kier alpha value is 1.06. The van der Waals surface area contributed by atoms with Gasteiger partial charge in [0.2, 0.25) is 17.0 Å². The van der Waals surface area contributed by atoms with Crippen molar-refractivity contribution in [3.63, 3.8) is 0 Å². The van der Waals surface area contributed by atoms with Crippen LogP contribution in [0.2, 0.25) is 78.6 Å². The van der Waals surface area contributed by atoms with E-state index in [-0.39, 0.29) is 0 Å². The first-order chi connectivity index (χ1) is 10.2. The highest BCUT2D eigenvalue weighted by Crippen LogP contribution is 2.28. The predicted octanol–water partition coefficient (Wildman–Crippen LogP) is 3.88. The number of hydrogen-bond donors (Lipinski definition) is 1. The van der Waals surface area contributed by atoms with E-state index in [0.29, 0.717) is 0 Å². The Kier molecular flexibility index (Phi) is 6.64. The first-order valence-electron chi connectivity index (χ1n) is 8.54. The van der Waals surface area contributed by atoms with Crippen molar-refractivity contribution in [3.05, 3.63) is 0 Å². The molecule has 1 N–H and O–H groups in total. The van der Waals surface area contributed by atoms with Gasteiger partial charge >= 0.3 is 34.2 Å². The normalized spacial score (nSPS) is 31.5. The lowest BCUT2D eigenvalue weighted by atomic mass is 11.9. The van der Waals surface area contributed by atoms with Crippen molar-refractivity contribution >= 4 is 51.2 Å². The van der Waals surface area contributed by atoms with Gasteiger partial charge in [0.15, 0.2) is 0 Å². The largest absolute Gasteiger partial charge is 0.425 e. The average molecular weight is 444 g/mol.